The van der Waals surface area contributed by atoms with E-state index >= 15 is 0 Å². The number of rotatable bonds is 2. The van der Waals surface area contributed by atoms with E-state index in [0.717, 1.165) is 5.03 Å². The summed E-state index contributed by atoms with van der Waals surface area (Å²) in [6.45, 7) is 0. The fourth-order valence-electron chi connectivity index (χ4n) is 0.912. The summed E-state index contributed by atoms with van der Waals surface area (Å²) in [5.41, 5.74) is 0.685. The van der Waals surface area contributed by atoms with Crippen LogP contribution in [0.1, 0.15) is 10.4 Å². The molecule has 1 amide bonds. The quantitative estimate of drug-likeness (QED) is 0.672. The third kappa shape index (κ3) is 2.45. The molecule has 0 bridgehead atoms. The highest BCUT2D eigenvalue weighted by molar-refractivity contribution is 7.98. The summed E-state index contributed by atoms with van der Waals surface area (Å²) in [5, 5.41) is 0.868. The molecule has 4 heteroatoms. The van der Waals surface area contributed by atoms with Gasteiger partial charge in [-0.1, -0.05) is 0 Å². The number of thioether (sulfide) groups is 1. The lowest BCUT2D eigenvalue weighted by atomic mass is 10.2. The number of amides is 1. The van der Waals surface area contributed by atoms with Crippen molar-refractivity contribution in [3.05, 3.63) is 23.9 Å². The van der Waals surface area contributed by atoms with Gasteiger partial charge >= 0.3 is 0 Å². The maximum absolute atomic E-state index is 11.5. The molecule has 0 aromatic carbocycles. The third-order valence-corrected chi connectivity index (χ3v) is 2.24. The van der Waals surface area contributed by atoms with E-state index in [4.69, 9.17) is 0 Å². The Balaban J connectivity index is 2.95. The van der Waals surface area contributed by atoms with E-state index in [2.05, 4.69) is 4.98 Å². The van der Waals surface area contributed by atoms with Crippen LogP contribution in [0.3, 0.4) is 0 Å². The lowest BCUT2D eigenvalue weighted by Crippen LogP contribution is -2.21. The molecule has 3 nitrogen and oxygen atoms in total. The Hall–Kier alpha value is -1.03. The number of nitrogens with zero attached hydrogens (tertiary/aromatic N) is 2. The van der Waals surface area contributed by atoms with Gasteiger partial charge in [-0.3, -0.25) is 4.79 Å². The summed E-state index contributed by atoms with van der Waals surface area (Å²) in [7, 11) is 3.48. The van der Waals surface area contributed by atoms with Gasteiger partial charge < -0.3 is 4.90 Å². The predicted molar refractivity (Wildman–Crippen MR) is 54.0 cm³/mol. The van der Waals surface area contributed by atoms with Crippen LogP contribution in [0.4, 0.5) is 0 Å². The average molecular weight is 196 g/mol. The van der Waals surface area contributed by atoms with Gasteiger partial charge in [0.05, 0.1) is 5.03 Å². The first kappa shape index (κ1) is 10.1. The summed E-state index contributed by atoms with van der Waals surface area (Å²) in [6.07, 6.45) is 3.59. The van der Waals surface area contributed by atoms with Gasteiger partial charge in [-0.25, -0.2) is 4.98 Å². The fraction of sp³-hybridized carbons (Fsp3) is 0.333. The fourth-order valence-corrected chi connectivity index (χ4v) is 1.32. The van der Waals surface area contributed by atoms with Crippen molar-refractivity contribution in [1.82, 2.24) is 9.88 Å². The standard InChI is InChI=1S/C9H12N2OS/c1-11(2)9(12)7-4-5-10-8(6-7)13-3/h4-6H,1-3H3. The number of carbonyl (C=O) groups is 1. The smallest absolute Gasteiger partial charge is 0.253 e. The molecule has 70 valence electrons. The van der Waals surface area contributed by atoms with Crippen molar-refractivity contribution in [2.75, 3.05) is 20.4 Å². The van der Waals surface area contributed by atoms with Gasteiger partial charge in [0.1, 0.15) is 0 Å². The summed E-state index contributed by atoms with van der Waals surface area (Å²) in [4.78, 5) is 17.1. The minimum Gasteiger partial charge on any atom is -0.345 e. The van der Waals surface area contributed by atoms with Crippen molar-refractivity contribution in [2.24, 2.45) is 0 Å². The van der Waals surface area contributed by atoms with Crippen LogP contribution >= 0.6 is 11.8 Å². The zero-order valence-corrected chi connectivity index (χ0v) is 8.76. The second-order valence-corrected chi connectivity index (χ2v) is 3.61. The molecule has 0 atom stereocenters. The van der Waals surface area contributed by atoms with Crippen molar-refractivity contribution >= 4 is 17.7 Å². The van der Waals surface area contributed by atoms with E-state index < -0.39 is 0 Å². The Bertz CT molecular complexity index is 312. The molecule has 0 N–H and O–H groups in total. The normalized spacial score (nSPS) is 9.77. The van der Waals surface area contributed by atoms with Crippen molar-refractivity contribution < 1.29 is 4.79 Å². The largest absolute Gasteiger partial charge is 0.345 e. The van der Waals surface area contributed by atoms with E-state index in [-0.39, 0.29) is 5.91 Å². The van der Waals surface area contributed by atoms with Crippen molar-refractivity contribution in [3.63, 3.8) is 0 Å². The highest BCUT2D eigenvalue weighted by atomic mass is 32.2. The molecule has 0 aliphatic heterocycles. The number of hydrogen-bond donors (Lipinski definition) is 0. The zero-order valence-electron chi connectivity index (χ0n) is 7.94. The SMILES string of the molecule is CSc1cc(C(=O)N(C)C)ccn1. The highest BCUT2D eigenvalue weighted by Gasteiger charge is 2.07. The number of aromatic nitrogens is 1. The maximum atomic E-state index is 11.5. The van der Waals surface area contributed by atoms with Crippen LogP contribution in [-0.4, -0.2) is 36.1 Å². The predicted octanol–water partition coefficient (Wildman–Crippen LogP) is 1.51. The van der Waals surface area contributed by atoms with E-state index in [0.29, 0.717) is 5.56 Å². The van der Waals surface area contributed by atoms with Gasteiger partial charge in [-0.2, -0.15) is 0 Å². The molecule has 0 aliphatic rings. The molecular formula is C9H12N2OS. The van der Waals surface area contributed by atoms with Crippen LogP contribution in [-0.2, 0) is 0 Å². The number of hydrogen-bond acceptors (Lipinski definition) is 3. The maximum Gasteiger partial charge on any atom is 0.253 e. The Morgan fingerprint density at radius 3 is 2.77 bits per heavy atom. The van der Waals surface area contributed by atoms with Gasteiger partial charge in [0, 0.05) is 25.9 Å². The highest BCUT2D eigenvalue weighted by Crippen LogP contribution is 2.13. The zero-order chi connectivity index (χ0) is 9.84. The van der Waals surface area contributed by atoms with Crippen LogP contribution in [0.25, 0.3) is 0 Å². The molecule has 0 unspecified atom stereocenters. The van der Waals surface area contributed by atoms with Crippen molar-refractivity contribution in [2.45, 2.75) is 5.03 Å². The molecule has 1 rings (SSSR count). The molecule has 0 saturated carbocycles. The summed E-state index contributed by atoms with van der Waals surface area (Å²) in [5.74, 6) is 0.0118. The monoisotopic (exact) mass is 196 g/mol. The first-order chi connectivity index (χ1) is 6.15. The Kier molecular flexibility index (Phi) is 3.31. The molecule has 1 aromatic rings. The van der Waals surface area contributed by atoms with E-state index in [1.54, 1.807) is 37.3 Å². The first-order valence-corrected chi connectivity index (χ1v) is 5.09. The molecule has 0 fully saturated rings. The second-order valence-electron chi connectivity index (χ2n) is 2.79. The van der Waals surface area contributed by atoms with Gasteiger partial charge in [-0.15, -0.1) is 11.8 Å². The van der Waals surface area contributed by atoms with Gasteiger partial charge in [-0.05, 0) is 18.4 Å². The minimum absolute atomic E-state index is 0.0118. The van der Waals surface area contributed by atoms with E-state index in [1.165, 1.54) is 11.8 Å². The molecule has 1 aromatic heterocycles. The average Bonchev–Trinajstić information content (AvgIpc) is 2.16. The van der Waals surface area contributed by atoms with Gasteiger partial charge in [0.15, 0.2) is 0 Å². The van der Waals surface area contributed by atoms with E-state index in [9.17, 15) is 4.79 Å². The minimum atomic E-state index is 0.0118. The Labute approximate surface area is 82.2 Å². The second kappa shape index (κ2) is 4.28. The van der Waals surface area contributed by atoms with Crippen LogP contribution in [0.15, 0.2) is 23.4 Å². The third-order valence-electron chi connectivity index (χ3n) is 1.60. The Morgan fingerprint density at radius 1 is 1.54 bits per heavy atom. The molecular weight excluding hydrogens is 184 g/mol. The van der Waals surface area contributed by atoms with Gasteiger partial charge in [0.25, 0.3) is 5.91 Å². The van der Waals surface area contributed by atoms with Crippen LogP contribution in [0, 0.1) is 0 Å². The lowest BCUT2D eigenvalue weighted by molar-refractivity contribution is 0.0827. The number of pyridine rings is 1. The van der Waals surface area contributed by atoms with Crippen molar-refractivity contribution in [3.8, 4) is 0 Å². The Morgan fingerprint density at radius 2 is 2.23 bits per heavy atom. The molecule has 13 heavy (non-hydrogen) atoms. The van der Waals surface area contributed by atoms with Crippen molar-refractivity contribution in [1.29, 1.82) is 0 Å². The first-order valence-electron chi connectivity index (χ1n) is 3.87. The van der Waals surface area contributed by atoms with Crippen LogP contribution < -0.4 is 0 Å². The summed E-state index contributed by atoms with van der Waals surface area (Å²) >= 11 is 1.53. The summed E-state index contributed by atoms with van der Waals surface area (Å²) < 4.78 is 0. The topological polar surface area (TPSA) is 33.2 Å². The molecule has 1 heterocycles. The van der Waals surface area contributed by atoms with Gasteiger partial charge in [0.2, 0.25) is 0 Å². The van der Waals surface area contributed by atoms with Crippen LogP contribution in [0.5, 0.6) is 0 Å². The molecule has 0 radical (unpaired) electrons. The molecule has 0 spiro atoms. The number of carbonyl (C=O) groups excluding carboxylic acids is 1. The summed E-state index contributed by atoms with van der Waals surface area (Å²) in [6, 6.07) is 3.52. The lowest BCUT2D eigenvalue weighted by Gasteiger charge is -2.09. The molecule has 0 aliphatic carbocycles. The molecule has 0 saturated heterocycles. The van der Waals surface area contributed by atoms with E-state index in [1.807, 2.05) is 6.26 Å². The van der Waals surface area contributed by atoms with Crippen LogP contribution in [0.2, 0.25) is 0 Å².